The minimum absolute atomic E-state index is 0.155. The van der Waals surface area contributed by atoms with Gasteiger partial charge >= 0.3 is 0 Å². The molecule has 2 rings (SSSR count). The van der Waals surface area contributed by atoms with Crippen LogP contribution in [0, 0.1) is 11.6 Å². The van der Waals surface area contributed by atoms with Crippen LogP contribution in [0.1, 0.15) is 15.9 Å². The van der Waals surface area contributed by atoms with Crippen LogP contribution in [0.3, 0.4) is 0 Å². The molecule has 0 saturated heterocycles. The lowest BCUT2D eigenvalue weighted by Crippen LogP contribution is -1.95. The van der Waals surface area contributed by atoms with Crippen molar-refractivity contribution in [2.75, 3.05) is 7.11 Å². The zero-order valence-corrected chi connectivity index (χ0v) is 10.8. The van der Waals surface area contributed by atoms with Gasteiger partial charge in [-0.1, -0.05) is 12.1 Å². The van der Waals surface area contributed by atoms with Gasteiger partial charge in [0.05, 0.1) is 7.11 Å². The molecule has 2 aromatic carbocycles. The number of carbonyl (C=O) groups is 1. The highest BCUT2D eigenvalue weighted by molar-refractivity contribution is 6.07. The van der Waals surface area contributed by atoms with E-state index < -0.39 is 11.6 Å². The zero-order chi connectivity index (χ0) is 14.5. The van der Waals surface area contributed by atoms with Crippen LogP contribution in [-0.2, 0) is 0 Å². The molecule has 0 N–H and O–H groups in total. The Bertz CT molecular complexity index is 663. The molecule has 102 valence electrons. The number of benzene rings is 2. The third-order valence-corrected chi connectivity index (χ3v) is 2.73. The van der Waals surface area contributed by atoms with Crippen LogP contribution in [0.4, 0.5) is 8.78 Å². The molecule has 20 heavy (non-hydrogen) atoms. The number of rotatable bonds is 4. The quantitative estimate of drug-likeness (QED) is 0.625. The van der Waals surface area contributed by atoms with E-state index in [2.05, 4.69) is 0 Å². The fourth-order valence-corrected chi connectivity index (χ4v) is 1.67. The van der Waals surface area contributed by atoms with E-state index in [1.165, 1.54) is 25.3 Å². The molecule has 0 unspecified atom stereocenters. The zero-order valence-electron chi connectivity index (χ0n) is 10.8. The van der Waals surface area contributed by atoms with Crippen molar-refractivity contribution in [3.63, 3.8) is 0 Å². The van der Waals surface area contributed by atoms with Crippen LogP contribution in [0.5, 0.6) is 5.75 Å². The van der Waals surface area contributed by atoms with Crippen molar-refractivity contribution < 1.29 is 18.3 Å². The van der Waals surface area contributed by atoms with Gasteiger partial charge in [0, 0.05) is 17.2 Å². The minimum Gasteiger partial charge on any atom is -0.497 e. The molecule has 2 aromatic rings. The monoisotopic (exact) mass is 274 g/mol. The van der Waals surface area contributed by atoms with Crippen LogP contribution in [0.2, 0.25) is 0 Å². The molecule has 0 aliphatic carbocycles. The van der Waals surface area contributed by atoms with E-state index in [4.69, 9.17) is 4.74 Å². The maximum atomic E-state index is 13.4. The number of halogens is 2. The molecule has 0 radical (unpaired) electrons. The van der Waals surface area contributed by atoms with Gasteiger partial charge in [-0.15, -0.1) is 0 Å². The summed E-state index contributed by atoms with van der Waals surface area (Å²) in [7, 11) is 1.51. The summed E-state index contributed by atoms with van der Waals surface area (Å²) in [5, 5.41) is 0. The largest absolute Gasteiger partial charge is 0.497 e. The summed E-state index contributed by atoms with van der Waals surface area (Å²) < 4.78 is 31.2. The first-order valence-corrected chi connectivity index (χ1v) is 5.91. The van der Waals surface area contributed by atoms with Crippen LogP contribution in [0.25, 0.3) is 6.08 Å². The number of carbonyl (C=O) groups excluding carboxylic acids is 1. The van der Waals surface area contributed by atoms with Crippen LogP contribution < -0.4 is 4.74 Å². The standard InChI is InChI=1S/C16H12F2O2/c1-20-14-4-2-3-12(9-14)16(19)8-6-11-5-7-13(17)10-15(11)18/h2-10H,1H3. The summed E-state index contributed by atoms with van der Waals surface area (Å²) in [6, 6.07) is 9.83. The van der Waals surface area contributed by atoms with E-state index in [0.717, 1.165) is 12.1 Å². The smallest absolute Gasteiger partial charge is 0.185 e. The topological polar surface area (TPSA) is 26.3 Å². The Morgan fingerprint density at radius 3 is 2.65 bits per heavy atom. The summed E-state index contributed by atoms with van der Waals surface area (Å²) in [5.41, 5.74) is 0.589. The minimum atomic E-state index is -0.709. The Labute approximate surface area is 115 Å². The van der Waals surface area contributed by atoms with E-state index in [-0.39, 0.29) is 11.3 Å². The first kappa shape index (κ1) is 13.9. The molecule has 0 saturated carbocycles. The lowest BCUT2D eigenvalue weighted by molar-refractivity contribution is 0.104. The average molecular weight is 274 g/mol. The Hall–Kier alpha value is -2.49. The van der Waals surface area contributed by atoms with Crippen molar-refractivity contribution in [3.05, 3.63) is 71.3 Å². The van der Waals surface area contributed by atoms with Gasteiger partial charge in [0.1, 0.15) is 17.4 Å². The van der Waals surface area contributed by atoms with E-state index in [9.17, 15) is 13.6 Å². The van der Waals surface area contributed by atoms with Crippen LogP contribution >= 0.6 is 0 Å². The van der Waals surface area contributed by atoms with Crippen molar-refractivity contribution >= 4 is 11.9 Å². The molecule has 0 aromatic heterocycles. The Morgan fingerprint density at radius 1 is 1.15 bits per heavy atom. The summed E-state index contributed by atoms with van der Waals surface area (Å²) >= 11 is 0. The third kappa shape index (κ3) is 3.29. The van der Waals surface area contributed by atoms with Gasteiger partial charge < -0.3 is 4.74 Å². The number of ketones is 1. The van der Waals surface area contributed by atoms with E-state index in [1.807, 2.05) is 0 Å². The molecule has 0 aliphatic heterocycles. The van der Waals surface area contributed by atoms with E-state index in [1.54, 1.807) is 24.3 Å². The lowest BCUT2D eigenvalue weighted by Gasteiger charge is -2.01. The maximum Gasteiger partial charge on any atom is 0.185 e. The van der Waals surface area contributed by atoms with Gasteiger partial charge in [0.15, 0.2) is 5.78 Å². The summed E-state index contributed by atoms with van der Waals surface area (Å²) in [5.74, 6) is -1.08. The fraction of sp³-hybridized carbons (Fsp3) is 0.0625. The van der Waals surface area contributed by atoms with Crippen molar-refractivity contribution in [1.29, 1.82) is 0 Å². The Balaban J connectivity index is 2.20. The predicted octanol–water partition coefficient (Wildman–Crippen LogP) is 3.87. The van der Waals surface area contributed by atoms with Crippen molar-refractivity contribution in [2.45, 2.75) is 0 Å². The first-order valence-electron chi connectivity index (χ1n) is 5.91. The number of hydrogen-bond donors (Lipinski definition) is 0. The average Bonchev–Trinajstić information content (AvgIpc) is 2.46. The molecule has 0 heterocycles. The van der Waals surface area contributed by atoms with Crippen LogP contribution in [0.15, 0.2) is 48.5 Å². The van der Waals surface area contributed by atoms with Crippen molar-refractivity contribution in [1.82, 2.24) is 0 Å². The molecule has 0 spiro atoms. The highest BCUT2D eigenvalue weighted by Gasteiger charge is 2.05. The second-order valence-corrected chi connectivity index (χ2v) is 4.10. The molecule has 0 atom stereocenters. The summed E-state index contributed by atoms with van der Waals surface area (Å²) in [6.45, 7) is 0. The normalized spacial score (nSPS) is 10.8. The predicted molar refractivity (Wildman–Crippen MR) is 72.7 cm³/mol. The Kier molecular flexibility index (Phi) is 4.25. The molecular formula is C16H12F2O2. The van der Waals surface area contributed by atoms with Crippen molar-refractivity contribution in [3.8, 4) is 5.75 Å². The SMILES string of the molecule is COc1cccc(C(=O)C=Cc2ccc(F)cc2F)c1. The van der Waals surface area contributed by atoms with Gasteiger partial charge in [-0.25, -0.2) is 8.78 Å². The highest BCUT2D eigenvalue weighted by Crippen LogP contribution is 2.15. The summed E-state index contributed by atoms with van der Waals surface area (Å²) in [4.78, 5) is 11.9. The summed E-state index contributed by atoms with van der Waals surface area (Å²) in [6.07, 6.45) is 2.56. The van der Waals surface area contributed by atoms with Crippen molar-refractivity contribution in [2.24, 2.45) is 0 Å². The van der Waals surface area contributed by atoms with Gasteiger partial charge in [-0.05, 0) is 36.4 Å². The highest BCUT2D eigenvalue weighted by atomic mass is 19.1. The van der Waals surface area contributed by atoms with E-state index >= 15 is 0 Å². The van der Waals surface area contributed by atoms with Crippen LogP contribution in [-0.4, -0.2) is 12.9 Å². The second-order valence-electron chi connectivity index (χ2n) is 4.10. The van der Waals surface area contributed by atoms with E-state index in [0.29, 0.717) is 11.3 Å². The fourth-order valence-electron chi connectivity index (χ4n) is 1.67. The molecule has 4 heteroatoms. The Morgan fingerprint density at radius 2 is 1.95 bits per heavy atom. The number of allylic oxidation sites excluding steroid dienone is 1. The molecule has 0 aliphatic rings. The van der Waals surface area contributed by atoms with Gasteiger partial charge in [-0.2, -0.15) is 0 Å². The molecule has 0 fully saturated rings. The number of ether oxygens (including phenoxy) is 1. The lowest BCUT2D eigenvalue weighted by atomic mass is 10.1. The van der Waals surface area contributed by atoms with Gasteiger partial charge in [0.25, 0.3) is 0 Å². The molecule has 0 bridgehead atoms. The first-order chi connectivity index (χ1) is 9.60. The second kappa shape index (κ2) is 6.10. The molecule has 0 amide bonds. The molecular weight excluding hydrogens is 262 g/mol. The van der Waals surface area contributed by atoms with Gasteiger partial charge in [0.2, 0.25) is 0 Å². The number of hydrogen-bond acceptors (Lipinski definition) is 2. The molecule has 2 nitrogen and oxygen atoms in total. The third-order valence-electron chi connectivity index (χ3n) is 2.73. The number of methoxy groups -OCH3 is 1. The van der Waals surface area contributed by atoms with Gasteiger partial charge in [-0.3, -0.25) is 4.79 Å². The maximum absolute atomic E-state index is 13.4.